The van der Waals surface area contributed by atoms with Gasteiger partial charge in [-0.2, -0.15) is 5.10 Å². The van der Waals surface area contributed by atoms with Crippen molar-refractivity contribution in [3.8, 4) is 0 Å². The molecule has 0 radical (unpaired) electrons. The van der Waals surface area contributed by atoms with E-state index in [-0.39, 0.29) is 11.3 Å². The topological polar surface area (TPSA) is 55.2 Å². The van der Waals surface area contributed by atoms with Gasteiger partial charge in [-0.05, 0) is 40.8 Å². The van der Waals surface area contributed by atoms with Crippen LogP contribution in [-0.2, 0) is 16.4 Å². The summed E-state index contributed by atoms with van der Waals surface area (Å²) in [4.78, 5) is 2.03. The number of rotatable bonds is 6. The smallest absolute Gasteiger partial charge is 0.151 e. The summed E-state index contributed by atoms with van der Waals surface area (Å²) in [6.07, 6.45) is 3.24. The van der Waals surface area contributed by atoms with Gasteiger partial charge in [0, 0.05) is 31.1 Å². The molecule has 1 rings (SSSR count). The van der Waals surface area contributed by atoms with Crippen molar-refractivity contribution in [1.29, 1.82) is 0 Å². The molecule has 0 aromatic carbocycles. The molecule has 0 aliphatic rings. The van der Waals surface area contributed by atoms with Gasteiger partial charge in [-0.1, -0.05) is 0 Å². The van der Waals surface area contributed by atoms with Crippen molar-refractivity contribution in [2.24, 2.45) is 0 Å². The average molecular weight is 287 g/mol. The quantitative estimate of drug-likeness (QED) is 0.799. The van der Waals surface area contributed by atoms with Gasteiger partial charge in [-0.3, -0.25) is 9.58 Å². The zero-order valence-corrected chi connectivity index (χ0v) is 13.5. The van der Waals surface area contributed by atoms with E-state index in [2.05, 4.69) is 18.9 Å². The van der Waals surface area contributed by atoms with Gasteiger partial charge in [-0.25, -0.2) is 8.42 Å². The van der Waals surface area contributed by atoms with E-state index in [1.165, 1.54) is 6.26 Å². The second kappa shape index (κ2) is 6.05. The van der Waals surface area contributed by atoms with Crippen molar-refractivity contribution in [1.82, 2.24) is 14.7 Å². The fraction of sp³-hybridized carbons (Fsp3) is 0.769. The Balaban J connectivity index is 2.71. The minimum absolute atomic E-state index is 0.0424. The lowest BCUT2D eigenvalue weighted by atomic mass is 10.2. The number of aromatic nitrogens is 2. The SMILES string of the molecule is CC(C(C)S(C)(=O)=O)N(C)Cc1ccn(C(C)C)n1. The fourth-order valence-corrected chi connectivity index (χ4v) is 2.79. The zero-order valence-electron chi connectivity index (χ0n) is 12.7. The predicted octanol–water partition coefficient (Wildman–Crippen LogP) is 1.72. The maximum Gasteiger partial charge on any atom is 0.151 e. The first-order valence-electron chi connectivity index (χ1n) is 6.56. The molecular formula is C13H25N3O2S. The lowest BCUT2D eigenvalue weighted by Crippen LogP contribution is -2.40. The van der Waals surface area contributed by atoms with Crippen molar-refractivity contribution in [2.45, 2.75) is 51.6 Å². The first-order chi connectivity index (χ1) is 8.62. The molecule has 0 amide bonds. The highest BCUT2D eigenvalue weighted by Gasteiger charge is 2.25. The molecule has 19 heavy (non-hydrogen) atoms. The summed E-state index contributed by atoms with van der Waals surface area (Å²) in [7, 11) is -1.08. The van der Waals surface area contributed by atoms with Crippen LogP contribution >= 0.6 is 0 Å². The molecule has 1 aromatic heterocycles. The maximum atomic E-state index is 11.6. The molecule has 0 bridgehead atoms. The molecule has 5 nitrogen and oxygen atoms in total. The zero-order chi connectivity index (χ0) is 14.8. The highest BCUT2D eigenvalue weighted by Crippen LogP contribution is 2.13. The molecule has 0 aliphatic carbocycles. The van der Waals surface area contributed by atoms with Crippen LogP contribution in [0.2, 0.25) is 0 Å². The van der Waals surface area contributed by atoms with Gasteiger partial charge in [0.1, 0.15) is 0 Å². The third-order valence-corrected chi connectivity index (χ3v) is 5.40. The van der Waals surface area contributed by atoms with Gasteiger partial charge in [-0.15, -0.1) is 0 Å². The summed E-state index contributed by atoms with van der Waals surface area (Å²) in [5, 5.41) is 4.09. The van der Waals surface area contributed by atoms with Crippen molar-refractivity contribution in [3.05, 3.63) is 18.0 Å². The van der Waals surface area contributed by atoms with Crippen LogP contribution in [-0.4, -0.2) is 47.7 Å². The van der Waals surface area contributed by atoms with E-state index in [1.54, 1.807) is 6.92 Å². The summed E-state index contributed by atoms with van der Waals surface area (Å²) >= 11 is 0. The lowest BCUT2D eigenvalue weighted by Gasteiger charge is -2.28. The minimum atomic E-state index is -3.01. The maximum absolute atomic E-state index is 11.6. The van der Waals surface area contributed by atoms with E-state index >= 15 is 0 Å². The predicted molar refractivity (Wildman–Crippen MR) is 77.8 cm³/mol. The highest BCUT2D eigenvalue weighted by atomic mass is 32.2. The average Bonchev–Trinajstić information content (AvgIpc) is 2.74. The van der Waals surface area contributed by atoms with Gasteiger partial charge in [0.2, 0.25) is 0 Å². The van der Waals surface area contributed by atoms with Crippen LogP contribution in [0.15, 0.2) is 12.3 Å². The molecule has 1 aromatic rings. The van der Waals surface area contributed by atoms with E-state index in [1.807, 2.05) is 35.8 Å². The Kier molecular flexibility index (Phi) is 5.15. The van der Waals surface area contributed by atoms with E-state index in [9.17, 15) is 8.42 Å². The van der Waals surface area contributed by atoms with Gasteiger partial charge >= 0.3 is 0 Å². The van der Waals surface area contributed by atoms with Crippen LogP contribution in [0.3, 0.4) is 0 Å². The minimum Gasteiger partial charge on any atom is -0.297 e. The Morgan fingerprint density at radius 2 is 1.89 bits per heavy atom. The third-order valence-electron chi connectivity index (χ3n) is 3.65. The second-order valence-corrected chi connectivity index (χ2v) is 7.97. The Hall–Kier alpha value is -0.880. The fourth-order valence-electron chi connectivity index (χ4n) is 1.86. The summed E-state index contributed by atoms with van der Waals surface area (Å²) in [6, 6.07) is 2.28. The first kappa shape index (κ1) is 16.2. The van der Waals surface area contributed by atoms with Crippen molar-refractivity contribution in [3.63, 3.8) is 0 Å². The molecular weight excluding hydrogens is 262 g/mol. The van der Waals surface area contributed by atoms with E-state index in [4.69, 9.17) is 0 Å². The van der Waals surface area contributed by atoms with E-state index < -0.39 is 9.84 Å². The number of sulfone groups is 1. The summed E-state index contributed by atoms with van der Waals surface area (Å²) < 4.78 is 25.1. The normalized spacial score (nSPS) is 16.0. The Morgan fingerprint density at radius 1 is 1.32 bits per heavy atom. The molecule has 6 heteroatoms. The monoisotopic (exact) mass is 287 g/mol. The van der Waals surface area contributed by atoms with Gasteiger partial charge < -0.3 is 0 Å². The largest absolute Gasteiger partial charge is 0.297 e. The van der Waals surface area contributed by atoms with E-state index in [0.717, 1.165) is 5.69 Å². The number of hydrogen-bond acceptors (Lipinski definition) is 4. The molecule has 110 valence electrons. The molecule has 0 aliphatic heterocycles. The molecule has 0 N–H and O–H groups in total. The van der Waals surface area contributed by atoms with Gasteiger partial charge in [0.15, 0.2) is 9.84 Å². The molecule has 1 heterocycles. The van der Waals surface area contributed by atoms with Crippen LogP contribution in [0.25, 0.3) is 0 Å². The molecule has 0 saturated heterocycles. The standard InChI is InChI=1S/C13H25N3O2S/c1-10(2)16-8-7-13(14-16)9-15(5)11(3)12(4)19(6,17)18/h7-8,10-12H,9H2,1-6H3. The van der Waals surface area contributed by atoms with Crippen LogP contribution in [0.4, 0.5) is 0 Å². The number of nitrogens with zero attached hydrogens (tertiary/aromatic N) is 3. The van der Waals surface area contributed by atoms with Crippen LogP contribution in [0.1, 0.15) is 39.4 Å². The third kappa shape index (κ3) is 4.31. The molecule has 0 fully saturated rings. The lowest BCUT2D eigenvalue weighted by molar-refractivity contribution is 0.241. The van der Waals surface area contributed by atoms with Gasteiger partial charge in [0.25, 0.3) is 0 Å². The Labute approximate surface area is 116 Å². The van der Waals surface area contributed by atoms with Crippen molar-refractivity contribution >= 4 is 9.84 Å². The van der Waals surface area contributed by atoms with Crippen LogP contribution in [0.5, 0.6) is 0 Å². The van der Waals surface area contributed by atoms with Crippen LogP contribution < -0.4 is 0 Å². The molecule has 2 unspecified atom stereocenters. The summed E-state index contributed by atoms with van der Waals surface area (Å²) in [5.41, 5.74) is 0.962. The van der Waals surface area contributed by atoms with Gasteiger partial charge in [0.05, 0.1) is 10.9 Å². The van der Waals surface area contributed by atoms with Crippen molar-refractivity contribution < 1.29 is 8.42 Å². The Bertz CT molecular complexity index is 508. The number of hydrogen-bond donors (Lipinski definition) is 0. The Morgan fingerprint density at radius 3 is 2.32 bits per heavy atom. The van der Waals surface area contributed by atoms with Crippen molar-refractivity contribution in [2.75, 3.05) is 13.3 Å². The first-order valence-corrected chi connectivity index (χ1v) is 8.51. The molecule has 0 spiro atoms. The van der Waals surface area contributed by atoms with Crippen LogP contribution in [0, 0.1) is 0 Å². The summed E-state index contributed by atoms with van der Waals surface area (Å²) in [5.74, 6) is 0. The molecule has 2 atom stereocenters. The second-order valence-electron chi connectivity index (χ2n) is 5.57. The van der Waals surface area contributed by atoms with E-state index in [0.29, 0.717) is 12.6 Å². The molecule has 0 saturated carbocycles. The summed E-state index contributed by atoms with van der Waals surface area (Å²) in [6.45, 7) is 8.50. The highest BCUT2D eigenvalue weighted by molar-refractivity contribution is 7.91.